The maximum absolute atomic E-state index is 10.8. The quantitative estimate of drug-likeness (QED) is 0.314. The number of hydrogen-bond acceptors (Lipinski definition) is 5. The van der Waals surface area contributed by atoms with Crippen LogP contribution in [0.4, 0.5) is 11.4 Å². The molecule has 0 aliphatic rings. The van der Waals surface area contributed by atoms with Gasteiger partial charge >= 0.3 is 0 Å². The normalized spacial score (nSPS) is 10.5. The highest BCUT2D eigenvalue weighted by Crippen LogP contribution is 2.37. The molecule has 0 amide bonds. The van der Waals surface area contributed by atoms with E-state index in [4.69, 9.17) is 9.47 Å². The molecule has 0 saturated carbocycles. The van der Waals surface area contributed by atoms with Crippen LogP contribution < -0.4 is 14.8 Å². The molecule has 0 bridgehead atoms. The minimum atomic E-state index is -0.422. The van der Waals surface area contributed by atoms with Crippen LogP contribution >= 0.6 is 15.9 Å². The third-order valence-electron chi connectivity index (χ3n) is 4.82. The molecule has 7 heteroatoms. The molecule has 0 aromatic heterocycles. The molecule has 0 radical (unpaired) electrons. The van der Waals surface area contributed by atoms with Crippen molar-refractivity contribution >= 4 is 27.3 Å². The Kier molecular flexibility index (Phi) is 6.95. The van der Waals surface area contributed by atoms with Gasteiger partial charge in [-0.3, -0.25) is 10.1 Å². The number of hydrogen-bond donors (Lipinski definition) is 1. The lowest BCUT2D eigenvalue weighted by atomic mass is 10.1. The van der Waals surface area contributed by atoms with Gasteiger partial charge in [0.25, 0.3) is 5.69 Å². The number of anilines is 1. The number of aryl methyl sites for hydroxylation is 2. The molecule has 0 fully saturated rings. The van der Waals surface area contributed by atoms with Crippen molar-refractivity contribution in [3.8, 4) is 11.5 Å². The van der Waals surface area contributed by atoms with Crippen molar-refractivity contribution in [2.45, 2.75) is 27.0 Å². The molecule has 30 heavy (non-hydrogen) atoms. The van der Waals surface area contributed by atoms with Crippen LogP contribution in [0.5, 0.6) is 11.5 Å². The van der Waals surface area contributed by atoms with E-state index in [1.807, 2.05) is 12.1 Å². The number of methoxy groups -OCH3 is 1. The fourth-order valence-electron chi connectivity index (χ4n) is 2.94. The molecule has 1 N–H and O–H groups in total. The average molecular weight is 471 g/mol. The fourth-order valence-corrected chi connectivity index (χ4v) is 3.54. The summed E-state index contributed by atoms with van der Waals surface area (Å²) in [6.45, 7) is 5.10. The summed E-state index contributed by atoms with van der Waals surface area (Å²) in [5.74, 6) is 1.20. The van der Waals surface area contributed by atoms with E-state index < -0.39 is 4.92 Å². The summed E-state index contributed by atoms with van der Waals surface area (Å²) in [4.78, 5) is 10.4. The number of benzene rings is 3. The number of nitrogens with one attached hydrogen (secondary N) is 1. The summed E-state index contributed by atoms with van der Waals surface area (Å²) in [7, 11) is 1.60. The van der Waals surface area contributed by atoms with Crippen LogP contribution in [-0.4, -0.2) is 12.0 Å². The Morgan fingerprint density at radius 3 is 2.37 bits per heavy atom. The van der Waals surface area contributed by atoms with E-state index in [0.717, 1.165) is 21.3 Å². The SMILES string of the molecule is COc1cc(CNc2ccc(C)c(C)c2)cc(Br)c1OCc1ccc([N+](=O)[O-])cc1. The van der Waals surface area contributed by atoms with E-state index >= 15 is 0 Å². The fraction of sp³-hybridized carbons (Fsp3) is 0.217. The van der Waals surface area contributed by atoms with Crippen molar-refractivity contribution < 1.29 is 14.4 Å². The molecule has 3 rings (SSSR count). The molecule has 0 aliphatic heterocycles. The van der Waals surface area contributed by atoms with Gasteiger partial charge < -0.3 is 14.8 Å². The van der Waals surface area contributed by atoms with Gasteiger partial charge in [-0.05, 0) is 88.4 Å². The van der Waals surface area contributed by atoms with E-state index in [1.54, 1.807) is 19.2 Å². The van der Waals surface area contributed by atoms with Gasteiger partial charge in [-0.1, -0.05) is 6.07 Å². The van der Waals surface area contributed by atoms with Gasteiger partial charge in [0.2, 0.25) is 0 Å². The second-order valence-corrected chi connectivity index (χ2v) is 7.83. The number of non-ortho nitro benzene ring substituents is 1. The number of nitrogens with zero attached hydrogens (tertiary/aromatic N) is 1. The second kappa shape index (κ2) is 9.63. The summed E-state index contributed by atoms with van der Waals surface area (Å²) in [5, 5.41) is 14.2. The van der Waals surface area contributed by atoms with Crippen molar-refractivity contribution in [3.63, 3.8) is 0 Å². The first-order valence-corrected chi connectivity index (χ1v) is 10.2. The van der Waals surface area contributed by atoms with Gasteiger partial charge in [0.15, 0.2) is 11.5 Å². The number of nitro groups is 1. The van der Waals surface area contributed by atoms with Crippen molar-refractivity contribution in [1.29, 1.82) is 0 Å². The van der Waals surface area contributed by atoms with Gasteiger partial charge in [-0.2, -0.15) is 0 Å². The van der Waals surface area contributed by atoms with E-state index in [0.29, 0.717) is 18.0 Å². The van der Waals surface area contributed by atoms with Crippen molar-refractivity contribution in [2.75, 3.05) is 12.4 Å². The topological polar surface area (TPSA) is 73.6 Å². The highest BCUT2D eigenvalue weighted by atomic mass is 79.9. The first kappa shape index (κ1) is 21.6. The van der Waals surface area contributed by atoms with Crippen LogP contribution in [-0.2, 0) is 13.2 Å². The average Bonchev–Trinajstić information content (AvgIpc) is 2.73. The monoisotopic (exact) mass is 470 g/mol. The minimum Gasteiger partial charge on any atom is -0.493 e. The Bertz CT molecular complexity index is 1050. The first-order chi connectivity index (χ1) is 14.4. The lowest BCUT2D eigenvalue weighted by molar-refractivity contribution is -0.384. The maximum Gasteiger partial charge on any atom is 0.269 e. The summed E-state index contributed by atoms with van der Waals surface area (Å²) < 4.78 is 12.2. The molecule has 0 atom stereocenters. The Labute approximate surface area is 184 Å². The predicted molar refractivity (Wildman–Crippen MR) is 121 cm³/mol. The van der Waals surface area contributed by atoms with Crippen LogP contribution in [0.2, 0.25) is 0 Å². The van der Waals surface area contributed by atoms with Crippen LogP contribution in [0.3, 0.4) is 0 Å². The Hall–Kier alpha value is -3.06. The molecular formula is C23H23BrN2O4. The highest BCUT2D eigenvalue weighted by molar-refractivity contribution is 9.10. The van der Waals surface area contributed by atoms with Crippen LogP contribution in [0.25, 0.3) is 0 Å². The van der Waals surface area contributed by atoms with E-state index in [1.165, 1.54) is 23.3 Å². The lowest BCUT2D eigenvalue weighted by Gasteiger charge is -2.15. The highest BCUT2D eigenvalue weighted by Gasteiger charge is 2.13. The van der Waals surface area contributed by atoms with Gasteiger partial charge in [-0.15, -0.1) is 0 Å². The summed E-state index contributed by atoms with van der Waals surface area (Å²) >= 11 is 3.57. The summed E-state index contributed by atoms with van der Waals surface area (Å²) in [5.41, 5.74) is 5.49. The second-order valence-electron chi connectivity index (χ2n) is 6.97. The zero-order valence-corrected chi connectivity index (χ0v) is 18.7. The molecule has 156 valence electrons. The van der Waals surface area contributed by atoms with E-state index in [9.17, 15) is 10.1 Å². The van der Waals surface area contributed by atoms with Crippen LogP contribution in [0.1, 0.15) is 22.3 Å². The third kappa shape index (κ3) is 5.30. The predicted octanol–water partition coefficient (Wildman–Crippen LogP) is 6.17. The largest absolute Gasteiger partial charge is 0.493 e. The van der Waals surface area contributed by atoms with Crippen LogP contribution in [0.15, 0.2) is 59.1 Å². The zero-order chi connectivity index (χ0) is 21.7. The standard InChI is InChI=1S/C23H23BrN2O4/c1-15-4-7-19(10-16(15)2)25-13-18-11-21(24)23(22(12-18)29-3)30-14-17-5-8-20(9-6-17)26(27)28/h4-12,25H,13-14H2,1-3H3. The zero-order valence-electron chi connectivity index (χ0n) is 17.1. The molecule has 0 unspecified atom stereocenters. The molecule has 0 spiro atoms. The van der Waals surface area contributed by atoms with E-state index in [-0.39, 0.29) is 12.3 Å². The number of ether oxygens (including phenoxy) is 2. The lowest BCUT2D eigenvalue weighted by Crippen LogP contribution is -2.03. The molecule has 3 aromatic rings. The summed E-state index contributed by atoms with van der Waals surface area (Å²) in [6.07, 6.45) is 0. The number of nitro benzene ring substituents is 1. The van der Waals surface area contributed by atoms with Gasteiger partial charge in [-0.25, -0.2) is 0 Å². The molecule has 6 nitrogen and oxygen atoms in total. The summed E-state index contributed by atoms with van der Waals surface area (Å²) in [6, 6.07) is 16.5. The molecule has 0 aliphatic carbocycles. The number of rotatable bonds is 8. The van der Waals surface area contributed by atoms with Crippen molar-refractivity contribution in [3.05, 3.63) is 91.4 Å². The van der Waals surface area contributed by atoms with Crippen molar-refractivity contribution in [2.24, 2.45) is 0 Å². The van der Waals surface area contributed by atoms with Crippen LogP contribution in [0, 0.1) is 24.0 Å². The van der Waals surface area contributed by atoms with E-state index in [2.05, 4.69) is 53.3 Å². The minimum absolute atomic E-state index is 0.0538. The first-order valence-electron chi connectivity index (χ1n) is 9.41. The molecular weight excluding hydrogens is 448 g/mol. The van der Waals surface area contributed by atoms with Crippen molar-refractivity contribution in [1.82, 2.24) is 0 Å². The Morgan fingerprint density at radius 2 is 1.73 bits per heavy atom. The van der Waals surface area contributed by atoms with Gasteiger partial charge in [0.05, 0.1) is 16.5 Å². The van der Waals surface area contributed by atoms with Gasteiger partial charge in [0.1, 0.15) is 6.61 Å². The number of halogens is 1. The third-order valence-corrected chi connectivity index (χ3v) is 5.41. The van der Waals surface area contributed by atoms with Gasteiger partial charge in [0, 0.05) is 24.4 Å². The Balaban J connectivity index is 1.70. The Morgan fingerprint density at radius 1 is 1.00 bits per heavy atom. The molecule has 3 aromatic carbocycles. The smallest absolute Gasteiger partial charge is 0.269 e. The maximum atomic E-state index is 10.8. The molecule has 0 heterocycles. The molecule has 0 saturated heterocycles.